The molecule has 0 radical (unpaired) electrons. The number of carbonyl (C=O) groups is 2. The first-order valence-electron chi connectivity index (χ1n) is 5.50. The van der Waals surface area contributed by atoms with Crippen molar-refractivity contribution in [2.75, 3.05) is 32.7 Å². The number of methoxy groups -OCH3 is 1. The molecule has 0 aromatic heterocycles. The lowest BCUT2D eigenvalue weighted by molar-refractivity contribution is -0.141. The lowest BCUT2D eigenvalue weighted by Gasteiger charge is -2.14. The van der Waals surface area contributed by atoms with Gasteiger partial charge in [-0.3, -0.25) is 13.8 Å². The summed E-state index contributed by atoms with van der Waals surface area (Å²) in [5.41, 5.74) is -0.176. The number of carbonyl (C=O) groups excluding carboxylic acids is 2. The first-order chi connectivity index (χ1) is 7.88. The molecule has 5 nitrogen and oxygen atoms in total. The summed E-state index contributed by atoms with van der Waals surface area (Å²) >= 11 is 0. The highest BCUT2D eigenvalue weighted by molar-refractivity contribution is 7.85. The quantitative estimate of drug-likeness (QED) is 0.639. The second kappa shape index (κ2) is 5.62. The van der Waals surface area contributed by atoms with Crippen LogP contribution in [0.1, 0.15) is 19.3 Å². The molecule has 1 amide bonds. The predicted molar refractivity (Wildman–Crippen MR) is 64.9 cm³/mol. The summed E-state index contributed by atoms with van der Waals surface area (Å²) in [5, 5.41) is 0. The standard InChI is InChI=1S/C11H19NO4S/c1-12(2)9(13)7-17(15)8-11(4-5-11)6-10(14)16-3/h4-8H2,1-3H3. The molecule has 0 spiro atoms. The highest BCUT2D eigenvalue weighted by Gasteiger charge is 2.46. The second-order valence-corrected chi connectivity index (χ2v) is 6.23. The number of esters is 1. The molecule has 1 aliphatic carbocycles. The molecule has 1 atom stereocenters. The summed E-state index contributed by atoms with van der Waals surface area (Å²) in [6.07, 6.45) is 2.10. The third-order valence-electron chi connectivity index (χ3n) is 2.95. The van der Waals surface area contributed by atoms with Crippen LogP contribution < -0.4 is 0 Å². The highest BCUT2D eigenvalue weighted by atomic mass is 32.2. The van der Waals surface area contributed by atoms with E-state index in [1.54, 1.807) is 14.1 Å². The Morgan fingerprint density at radius 3 is 2.35 bits per heavy atom. The molecule has 1 rings (SSSR count). The van der Waals surface area contributed by atoms with Crippen molar-refractivity contribution in [1.82, 2.24) is 4.90 Å². The maximum atomic E-state index is 11.8. The van der Waals surface area contributed by atoms with Crippen molar-refractivity contribution in [3.8, 4) is 0 Å². The Hall–Kier alpha value is -0.910. The van der Waals surface area contributed by atoms with Crippen LogP contribution in [0.4, 0.5) is 0 Å². The second-order valence-electron chi connectivity index (χ2n) is 4.77. The Balaban J connectivity index is 2.41. The molecule has 1 fully saturated rings. The molecule has 0 aromatic rings. The average Bonchev–Trinajstić information content (AvgIpc) is 2.96. The monoisotopic (exact) mass is 261 g/mol. The van der Waals surface area contributed by atoms with E-state index in [4.69, 9.17) is 0 Å². The van der Waals surface area contributed by atoms with Gasteiger partial charge in [0.25, 0.3) is 0 Å². The fourth-order valence-electron chi connectivity index (χ4n) is 1.59. The van der Waals surface area contributed by atoms with Crippen molar-refractivity contribution in [2.45, 2.75) is 19.3 Å². The molecule has 0 bridgehead atoms. The van der Waals surface area contributed by atoms with Gasteiger partial charge in [0.1, 0.15) is 5.75 Å². The minimum atomic E-state index is -1.20. The zero-order valence-electron chi connectivity index (χ0n) is 10.5. The van der Waals surface area contributed by atoms with Crippen LogP contribution in [0.3, 0.4) is 0 Å². The van der Waals surface area contributed by atoms with Gasteiger partial charge in [-0.1, -0.05) is 0 Å². The summed E-state index contributed by atoms with van der Waals surface area (Å²) in [4.78, 5) is 24.0. The zero-order chi connectivity index (χ0) is 13.1. The Morgan fingerprint density at radius 1 is 1.35 bits per heavy atom. The van der Waals surface area contributed by atoms with Crippen LogP contribution in [0.15, 0.2) is 0 Å². The first kappa shape index (κ1) is 14.2. The predicted octanol–water partition coefficient (Wildman–Crippen LogP) is 0.167. The molecular weight excluding hydrogens is 242 g/mol. The normalized spacial score (nSPS) is 18.3. The molecule has 0 saturated heterocycles. The summed E-state index contributed by atoms with van der Waals surface area (Å²) < 4.78 is 16.4. The lowest BCUT2D eigenvalue weighted by atomic mass is 10.1. The van der Waals surface area contributed by atoms with Crippen molar-refractivity contribution in [2.24, 2.45) is 5.41 Å². The number of amides is 1. The van der Waals surface area contributed by atoms with E-state index in [9.17, 15) is 13.8 Å². The van der Waals surface area contributed by atoms with Crippen molar-refractivity contribution < 1.29 is 18.5 Å². The van der Waals surface area contributed by atoms with E-state index in [0.717, 1.165) is 12.8 Å². The Bertz CT molecular complexity index is 336. The molecule has 1 saturated carbocycles. The van der Waals surface area contributed by atoms with Gasteiger partial charge < -0.3 is 9.64 Å². The Kier molecular flexibility index (Phi) is 4.68. The van der Waals surface area contributed by atoms with Crippen molar-refractivity contribution in [3.05, 3.63) is 0 Å². The van der Waals surface area contributed by atoms with Gasteiger partial charge in [-0.05, 0) is 18.3 Å². The molecule has 0 N–H and O–H groups in total. The van der Waals surface area contributed by atoms with Gasteiger partial charge >= 0.3 is 5.97 Å². The molecule has 1 aliphatic rings. The zero-order valence-corrected chi connectivity index (χ0v) is 11.3. The van der Waals surface area contributed by atoms with Gasteiger partial charge in [0.2, 0.25) is 5.91 Å². The number of hydrogen-bond acceptors (Lipinski definition) is 4. The van der Waals surface area contributed by atoms with E-state index in [1.165, 1.54) is 12.0 Å². The fraction of sp³-hybridized carbons (Fsp3) is 0.818. The van der Waals surface area contributed by atoms with Gasteiger partial charge in [-0.25, -0.2) is 0 Å². The van der Waals surface area contributed by atoms with Gasteiger partial charge in [-0.15, -0.1) is 0 Å². The molecule has 0 aliphatic heterocycles. The summed E-state index contributed by atoms with van der Waals surface area (Å²) in [6.45, 7) is 0. The van der Waals surface area contributed by atoms with Crippen molar-refractivity contribution >= 4 is 22.7 Å². The number of ether oxygens (including phenoxy) is 1. The fourth-order valence-corrected chi connectivity index (χ4v) is 3.30. The molecule has 1 unspecified atom stereocenters. The van der Waals surface area contributed by atoms with Gasteiger partial charge in [0, 0.05) is 30.6 Å². The number of rotatable bonds is 6. The van der Waals surface area contributed by atoms with E-state index in [-0.39, 0.29) is 23.0 Å². The van der Waals surface area contributed by atoms with E-state index in [0.29, 0.717) is 12.2 Å². The van der Waals surface area contributed by atoms with Crippen LogP contribution >= 0.6 is 0 Å². The first-order valence-corrected chi connectivity index (χ1v) is 6.99. The molecule has 98 valence electrons. The summed E-state index contributed by atoms with van der Waals surface area (Å²) in [7, 11) is 3.44. The van der Waals surface area contributed by atoms with Gasteiger partial charge in [-0.2, -0.15) is 0 Å². The van der Waals surface area contributed by atoms with Crippen LogP contribution in [-0.2, 0) is 25.1 Å². The highest BCUT2D eigenvalue weighted by Crippen LogP contribution is 2.49. The summed E-state index contributed by atoms with van der Waals surface area (Å²) in [5.74, 6) is 0.0491. The topological polar surface area (TPSA) is 63.7 Å². The molecule has 6 heteroatoms. The van der Waals surface area contributed by atoms with Crippen LogP contribution in [0.2, 0.25) is 0 Å². The van der Waals surface area contributed by atoms with E-state index < -0.39 is 10.8 Å². The van der Waals surface area contributed by atoms with Crippen LogP contribution in [0.25, 0.3) is 0 Å². The minimum Gasteiger partial charge on any atom is -0.469 e. The number of nitrogens with zero attached hydrogens (tertiary/aromatic N) is 1. The maximum Gasteiger partial charge on any atom is 0.306 e. The lowest BCUT2D eigenvalue weighted by Crippen LogP contribution is -2.29. The van der Waals surface area contributed by atoms with E-state index in [2.05, 4.69) is 4.74 Å². The molecule has 0 aromatic carbocycles. The number of hydrogen-bond donors (Lipinski definition) is 0. The molecular formula is C11H19NO4S. The SMILES string of the molecule is COC(=O)CC1(CS(=O)CC(=O)N(C)C)CC1. The smallest absolute Gasteiger partial charge is 0.306 e. The van der Waals surface area contributed by atoms with Crippen molar-refractivity contribution in [1.29, 1.82) is 0 Å². The van der Waals surface area contributed by atoms with Gasteiger partial charge in [0.05, 0.1) is 13.5 Å². The van der Waals surface area contributed by atoms with E-state index >= 15 is 0 Å². The minimum absolute atomic E-state index is 0.0376. The van der Waals surface area contributed by atoms with Gasteiger partial charge in [0.15, 0.2) is 0 Å². The average molecular weight is 261 g/mol. The Labute approximate surface area is 104 Å². The van der Waals surface area contributed by atoms with E-state index in [1.807, 2.05) is 0 Å². The van der Waals surface area contributed by atoms with Crippen molar-refractivity contribution in [3.63, 3.8) is 0 Å². The van der Waals surface area contributed by atoms with Crippen LogP contribution in [0.5, 0.6) is 0 Å². The third-order valence-corrected chi connectivity index (χ3v) is 4.46. The third kappa shape index (κ3) is 4.46. The summed E-state index contributed by atoms with van der Waals surface area (Å²) in [6, 6.07) is 0. The molecule has 17 heavy (non-hydrogen) atoms. The molecule has 0 heterocycles. The van der Waals surface area contributed by atoms with Crippen LogP contribution in [0, 0.1) is 5.41 Å². The Morgan fingerprint density at radius 2 is 1.94 bits per heavy atom. The maximum absolute atomic E-state index is 11.8. The largest absolute Gasteiger partial charge is 0.469 e. The van der Waals surface area contributed by atoms with Crippen LogP contribution in [-0.4, -0.2) is 53.7 Å².